The van der Waals surface area contributed by atoms with Crippen LogP contribution in [0.5, 0.6) is 0 Å². The number of aliphatic imine (C=N–C) groups is 1. The van der Waals surface area contributed by atoms with Gasteiger partial charge in [-0.3, -0.25) is 14.6 Å². The van der Waals surface area contributed by atoms with E-state index in [0.717, 1.165) is 25.5 Å². The summed E-state index contributed by atoms with van der Waals surface area (Å²) < 4.78 is 33.9. The van der Waals surface area contributed by atoms with E-state index >= 15 is 4.39 Å². The number of halogens is 2. The molecule has 0 aliphatic carbocycles. The summed E-state index contributed by atoms with van der Waals surface area (Å²) in [6, 6.07) is -0.819. The molecule has 0 N–H and O–H groups in total. The second kappa shape index (κ2) is 14.2. The summed E-state index contributed by atoms with van der Waals surface area (Å²) in [7, 11) is 1.49. The van der Waals surface area contributed by atoms with Gasteiger partial charge in [0.2, 0.25) is 0 Å². The van der Waals surface area contributed by atoms with Crippen molar-refractivity contribution >= 4 is 52.4 Å². The SMILES string of the molecule is CO[C@]1(C)C[C@@H](C)C(=O)[C@H](C)[C@H]2N(CCCCn3cnc(C4C=NC=CC4)c3)C(=O)O[C@]2(C)[C@@H](I)OC(=O)[C@@](C)(F)C(=O)[C@H](C)C1. The number of ketones is 2. The van der Waals surface area contributed by atoms with Crippen molar-refractivity contribution < 1.29 is 37.8 Å². The number of carbonyl (C=O) groups is 4. The van der Waals surface area contributed by atoms with Crippen molar-refractivity contribution in [3.05, 3.63) is 30.5 Å². The number of hydrogen-bond donors (Lipinski definition) is 0. The molecule has 46 heavy (non-hydrogen) atoms. The van der Waals surface area contributed by atoms with Gasteiger partial charge in [0.05, 0.1) is 23.7 Å². The van der Waals surface area contributed by atoms with Gasteiger partial charge in [-0.15, -0.1) is 0 Å². The fourth-order valence-electron chi connectivity index (χ4n) is 7.08. The molecule has 0 saturated carbocycles. The normalized spacial score (nSPS) is 37.5. The molecule has 0 spiro atoms. The second-order valence-electron chi connectivity index (χ2n) is 13.6. The lowest BCUT2D eigenvalue weighted by atomic mass is 9.75. The minimum atomic E-state index is -2.93. The number of ether oxygens (including phenoxy) is 3. The largest absolute Gasteiger partial charge is 0.445 e. The number of unbranched alkanes of at least 4 members (excludes halogenated alkanes) is 1. The maximum absolute atomic E-state index is 15.8. The Labute approximate surface area is 283 Å². The molecule has 13 heteroatoms. The first kappa shape index (κ1) is 36.2. The Kier molecular flexibility index (Phi) is 11.2. The van der Waals surface area contributed by atoms with Gasteiger partial charge in [-0.1, -0.05) is 26.8 Å². The van der Waals surface area contributed by atoms with Crippen molar-refractivity contribution in [2.75, 3.05) is 13.7 Å². The molecule has 0 radical (unpaired) electrons. The van der Waals surface area contributed by atoms with Crippen LogP contribution in [-0.4, -0.2) is 85.0 Å². The van der Waals surface area contributed by atoms with E-state index in [4.69, 9.17) is 14.2 Å². The quantitative estimate of drug-likeness (QED) is 0.116. The third-order valence-electron chi connectivity index (χ3n) is 9.74. The van der Waals surface area contributed by atoms with Crippen LogP contribution in [0.15, 0.2) is 29.8 Å². The molecular formula is C33H46FIN4O7. The lowest BCUT2D eigenvalue weighted by molar-refractivity contribution is -0.171. The number of aromatic nitrogens is 2. The highest BCUT2D eigenvalue weighted by Crippen LogP contribution is 2.43. The summed E-state index contributed by atoms with van der Waals surface area (Å²) in [6.45, 7) is 10.3. The lowest BCUT2D eigenvalue weighted by Gasteiger charge is -2.40. The molecule has 1 amide bonds. The smallest absolute Gasteiger partial charge is 0.410 e. The minimum Gasteiger partial charge on any atom is -0.445 e. The number of nitrogens with zero attached hydrogens (tertiary/aromatic N) is 4. The van der Waals surface area contributed by atoms with Gasteiger partial charge in [0.15, 0.2) is 15.5 Å². The molecule has 254 valence electrons. The van der Waals surface area contributed by atoms with Gasteiger partial charge in [-0.2, -0.15) is 0 Å². The zero-order chi connectivity index (χ0) is 34.0. The minimum absolute atomic E-state index is 0.105. The topological polar surface area (TPSA) is 129 Å². The zero-order valence-electron chi connectivity index (χ0n) is 27.7. The van der Waals surface area contributed by atoms with Crippen LogP contribution in [0.4, 0.5) is 9.18 Å². The number of fused-ring (bicyclic) bond motifs is 1. The Bertz CT molecular complexity index is 1380. The highest BCUT2D eigenvalue weighted by molar-refractivity contribution is 14.1. The fourth-order valence-corrected chi connectivity index (χ4v) is 7.81. The van der Waals surface area contributed by atoms with Crippen molar-refractivity contribution in [1.29, 1.82) is 0 Å². The predicted octanol–water partition coefficient (Wildman–Crippen LogP) is 5.59. The first-order valence-electron chi connectivity index (χ1n) is 15.9. The molecule has 3 aliphatic rings. The van der Waals surface area contributed by atoms with E-state index in [0.29, 0.717) is 13.0 Å². The van der Waals surface area contributed by atoms with Crippen LogP contribution in [-0.2, 0) is 35.1 Å². The predicted molar refractivity (Wildman–Crippen MR) is 177 cm³/mol. The van der Waals surface area contributed by atoms with Crippen LogP contribution in [0.2, 0.25) is 0 Å². The van der Waals surface area contributed by atoms with Crippen LogP contribution in [0.3, 0.4) is 0 Å². The number of alkyl halides is 2. The number of hydrogen-bond acceptors (Lipinski definition) is 9. The number of cyclic esters (lactones) is 1. The number of allylic oxidation sites excluding steroid dienone is 1. The van der Waals surface area contributed by atoms with Crippen LogP contribution >= 0.6 is 22.6 Å². The number of amides is 1. The second-order valence-corrected chi connectivity index (χ2v) is 14.7. The number of imidazole rings is 1. The van der Waals surface area contributed by atoms with Gasteiger partial charge in [0.25, 0.3) is 5.67 Å². The molecule has 0 bridgehead atoms. The number of rotatable bonds is 7. The molecule has 1 aromatic rings. The van der Waals surface area contributed by atoms with E-state index in [2.05, 4.69) is 9.98 Å². The van der Waals surface area contributed by atoms with Crippen molar-refractivity contribution in [1.82, 2.24) is 14.5 Å². The lowest BCUT2D eigenvalue weighted by Crippen LogP contribution is -2.57. The summed E-state index contributed by atoms with van der Waals surface area (Å²) >= 11 is 1.79. The summed E-state index contributed by atoms with van der Waals surface area (Å²) in [6.07, 6.45) is 11.4. The Hall–Kier alpha value is -2.68. The van der Waals surface area contributed by atoms with Crippen LogP contribution in [0, 0.1) is 17.8 Å². The van der Waals surface area contributed by atoms with Gasteiger partial charge in [0, 0.05) is 62.5 Å². The molecule has 4 rings (SSSR count). The first-order chi connectivity index (χ1) is 21.5. The average molecular weight is 757 g/mol. The van der Waals surface area contributed by atoms with Crippen molar-refractivity contribution in [3.63, 3.8) is 0 Å². The van der Waals surface area contributed by atoms with E-state index in [1.165, 1.54) is 18.9 Å². The molecule has 9 atom stereocenters. The van der Waals surface area contributed by atoms with Crippen LogP contribution in [0.1, 0.15) is 85.3 Å². The monoisotopic (exact) mass is 756 g/mol. The highest BCUT2D eigenvalue weighted by atomic mass is 127. The van der Waals surface area contributed by atoms with Crippen LogP contribution in [0.25, 0.3) is 0 Å². The molecule has 1 aromatic heterocycles. The fraction of sp³-hybridized carbons (Fsp3) is 0.697. The molecule has 4 heterocycles. The Morgan fingerprint density at radius 3 is 2.39 bits per heavy atom. The Balaban J connectivity index is 1.56. The van der Waals surface area contributed by atoms with E-state index in [1.807, 2.05) is 23.1 Å². The number of methoxy groups -OCH3 is 1. The Morgan fingerprint density at radius 2 is 1.74 bits per heavy atom. The maximum Gasteiger partial charge on any atom is 0.410 e. The molecule has 0 aromatic carbocycles. The maximum atomic E-state index is 15.8. The third-order valence-corrected chi connectivity index (χ3v) is 11.2. The van der Waals surface area contributed by atoms with E-state index < -0.39 is 62.6 Å². The summed E-state index contributed by atoms with van der Waals surface area (Å²) in [5, 5.41) is 0. The molecule has 3 aliphatic heterocycles. The average Bonchev–Trinajstić information content (AvgIpc) is 3.59. The third kappa shape index (κ3) is 7.39. The first-order valence-corrected chi connectivity index (χ1v) is 17.2. The van der Waals surface area contributed by atoms with Crippen LogP contribution < -0.4 is 0 Å². The van der Waals surface area contributed by atoms with Crippen molar-refractivity contribution in [2.45, 2.75) is 113 Å². The number of Topliss-reactive ketones (excluding diaryl/α,β-unsaturated/α-hetero) is 2. The van der Waals surface area contributed by atoms with Gasteiger partial charge in [-0.05, 0) is 75.5 Å². The summed E-state index contributed by atoms with van der Waals surface area (Å²) in [4.78, 5) is 64.0. The molecular weight excluding hydrogens is 710 g/mol. The Morgan fingerprint density at radius 1 is 1.07 bits per heavy atom. The number of carbonyl (C=O) groups excluding carboxylic acids is 4. The summed E-state index contributed by atoms with van der Waals surface area (Å²) in [5.41, 5.74) is -4.44. The van der Waals surface area contributed by atoms with Gasteiger partial charge < -0.3 is 23.7 Å². The molecule has 2 fully saturated rings. The molecule has 1 unspecified atom stereocenters. The van der Waals surface area contributed by atoms with E-state index in [-0.39, 0.29) is 31.1 Å². The molecule has 2 saturated heterocycles. The molecule has 11 nitrogen and oxygen atoms in total. The van der Waals surface area contributed by atoms with Gasteiger partial charge in [0.1, 0.15) is 5.78 Å². The van der Waals surface area contributed by atoms with Gasteiger partial charge >= 0.3 is 12.1 Å². The summed E-state index contributed by atoms with van der Waals surface area (Å²) in [5.74, 6) is -4.39. The number of esters is 1. The van der Waals surface area contributed by atoms with Gasteiger partial charge in [-0.25, -0.2) is 19.0 Å². The zero-order valence-corrected chi connectivity index (χ0v) is 29.9. The van der Waals surface area contributed by atoms with Crippen molar-refractivity contribution in [3.8, 4) is 0 Å². The van der Waals surface area contributed by atoms with E-state index in [9.17, 15) is 19.2 Å². The van der Waals surface area contributed by atoms with E-state index in [1.54, 1.807) is 62.8 Å². The number of aryl methyl sites for hydroxylation is 1. The standard InChI is InChI=1S/C33H46FIN4O7/c1-20-15-31(4,44-7)16-21(2)27(41)32(5,34)29(42)45-28(35)33(6)26(22(3)25(20)40)39(30(43)46-33)14-9-8-13-38-18-24(37-19-38)23-11-10-12-36-17-23/h10,12,17-23,26,28H,8-9,11,13-16H2,1-7H3/t20-,21-,22+,23?,26-,28+,31-,32+,33+/m1/s1. The highest BCUT2D eigenvalue weighted by Gasteiger charge is 2.60. The van der Waals surface area contributed by atoms with Crippen molar-refractivity contribution in [2.24, 2.45) is 22.7 Å².